The molecular formula is C10H14O2S. The number of thiophene rings is 1. The Morgan fingerprint density at radius 2 is 1.85 bits per heavy atom. The highest BCUT2D eigenvalue weighted by atomic mass is 32.1. The Bertz CT molecular complexity index is 339. The maximum Gasteiger partial charge on any atom is 0.311 e. The molecule has 0 radical (unpaired) electrons. The Hall–Kier alpha value is -0.830. The van der Waals surface area contributed by atoms with Crippen molar-refractivity contribution in [1.82, 2.24) is 0 Å². The molecule has 0 bridgehead atoms. The molecular weight excluding hydrogens is 184 g/mol. The minimum absolute atomic E-state index is 0.377. The number of carboxylic acid groups (broad SMARTS) is 1. The first kappa shape index (κ1) is 10.3. The summed E-state index contributed by atoms with van der Waals surface area (Å²) < 4.78 is 0. The minimum Gasteiger partial charge on any atom is -0.481 e. The van der Waals surface area contributed by atoms with Gasteiger partial charge in [0.2, 0.25) is 0 Å². The Morgan fingerprint density at radius 1 is 1.31 bits per heavy atom. The van der Waals surface area contributed by atoms with Crippen molar-refractivity contribution in [1.29, 1.82) is 0 Å². The molecule has 1 unspecified atom stereocenters. The zero-order valence-electron chi connectivity index (χ0n) is 8.34. The second-order valence-electron chi connectivity index (χ2n) is 3.33. The summed E-state index contributed by atoms with van der Waals surface area (Å²) in [6, 6.07) is 0. The van der Waals surface area contributed by atoms with Crippen molar-refractivity contribution in [3.63, 3.8) is 0 Å². The lowest BCUT2D eigenvalue weighted by Crippen LogP contribution is -2.06. The standard InChI is InChI=1S/C10H14O2S/c1-5-6(2)9(13-8(5)4)7(3)10(11)12/h7H,1-4H3,(H,11,12). The zero-order chi connectivity index (χ0) is 10.2. The molecule has 3 heteroatoms. The number of carboxylic acids is 1. The van der Waals surface area contributed by atoms with Gasteiger partial charge in [-0.25, -0.2) is 0 Å². The van der Waals surface area contributed by atoms with Crippen molar-refractivity contribution in [2.75, 3.05) is 0 Å². The first-order valence-electron chi connectivity index (χ1n) is 4.24. The second-order valence-corrected chi connectivity index (χ2v) is 4.59. The predicted molar refractivity (Wildman–Crippen MR) is 54.6 cm³/mol. The van der Waals surface area contributed by atoms with E-state index in [4.69, 9.17) is 5.11 Å². The van der Waals surface area contributed by atoms with E-state index in [1.54, 1.807) is 18.3 Å². The van der Waals surface area contributed by atoms with E-state index in [1.807, 2.05) is 20.8 Å². The molecule has 1 aromatic rings. The molecule has 1 N–H and O–H groups in total. The van der Waals surface area contributed by atoms with Crippen LogP contribution in [0.1, 0.15) is 33.7 Å². The largest absolute Gasteiger partial charge is 0.481 e. The van der Waals surface area contributed by atoms with Gasteiger partial charge in [0, 0.05) is 9.75 Å². The van der Waals surface area contributed by atoms with Gasteiger partial charge < -0.3 is 5.11 Å². The Morgan fingerprint density at radius 3 is 2.15 bits per heavy atom. The third-order valence-electron chi connectivity index (χ3n) is 2.49. The number of hydrogen-bond donors (Lipinski definition) is 1. The lowest BCUT2D eigenvalue weighted by molar-refractivity contribution is -0.138. The van der Waals surface area contributed by atoms with Gasteiger partial charge in [-0.15, -0.1) is 11.3 Å². The molecule has 1 heterocycles. The highest BCUT2D eigenvalue weighted by molar-refractivity contribution is 7.12. The number of carbonyl (C=O) groups is 1. The molecule has 2 nitrogen and oxygen atoms in total. The monoisotopic (exact) mass is 198 g/mol. The van der Waals surface area contributed by atoms with Crippen molar-refractivity contribution < 1.29 is 9.90 Å². The summed E-state index contributed by atoms with van der Waals surface area (Å²) in [5.74, 6) is -1.12. The number of aryl methyl sites for hydroxylation is 1. The average Bonchev–Trinajstić information content (AvgIpc) is 2.31. The smallest absolute Gasteiger partial charge is 0.311 e. The maximum absolute atomic E-state index is 10.8. The summed E-state index contributed by atoms with van der Waals surface area (Å²) in [5.41, 5.74) is 2.37. The summed E-state index contributed by atoms with van der Waals surface area (Å²) in [7, 11) is 0. The van der Waals surface area contributed by atoms with E-state index >= 15 is 0 Å². The predicted octanol–water partition coefficient (Wildman–Crippen LogP) is 2.86. The van der Waals surface area contributed by atoms with E-state index in [1.165, 1.54) is 10.4 Å². The van der Waals surface area contributed by atoms with Crippen LogP contribution in [0, 0.1) is 20.8 Å². The van der Waals surface area contributed by atoms with Gasteiger partial charge in [0.05, 0.1) is 5.92 Å². The van der Waals surface area contributed by atoms with Crippen LogP contribution in [-0.2, 0) is 4.79 Å². The number of hydrogen-bond acceptors (Lipinski definition) is 2. The van der Waals surface area contributed by atoms with Crippen LogP contribution < -0.4 is 0 Å². The molecule has 13 heavy (non-hydrogen) atoms. The molecule has 0 aliphatic carbocycles. The molecule has 0 amide bonds. The summed E-state index contributed by atoms with van der Waals surface area (Å²) in [6.07, 6.45) is 0. The lowest BCUT2D eigenvalue weighted by atomic mass is 10.0. The van der Waals surface area contributed by atoms with E-state index in [0.29, 0.717) is 0 Å². The molecule has 1 aromatic heterocycles. The first-order chi connectivity index (χ1) is 5.95. The summed E-state index contributed by atoms with van der Waals surface area (Å²) >= 11 is 1.60. The number of aliphatic carboxylic acids is 1. The normalized spacial score (nSPS) is 12.9. The summed E-state index contributed by atoms with van der Waals surface area (Å²) in [6.45, 7) is 7.80. The lowest BCUT2D eigenvalue weighted by Gasteiger charge is -2.04. The third-order valence-corrected chi connectivity index (χ3v) is 3.98. The second kappa shape index (κ2) is 3.50. The molecule has 1 atom stereocenters. The highest BCUT2D eigenvalue weighted by Gasteiger charge is 2.19. The molecule has 0 aliphatic rings. The van der Waals surface area contributed by atoms with Crippen molar-refractivity contribution in [3.8, 4) is 0 Å². The van der Waals surface area contributed by atoms with Gasteiger partial charge >= 0.3 is 5.97 Å². The molecule has 0 aliphatic heterocycles. The van der Waals surface area contributed by atoms with Crippen LogP contribution in [0.3, 0.4) is 0 Å². The van der Waals surface area contributed by atoms with Gasteiger partial charge in [0.25, 0.3) is 0 Å². The minimum atomic E-state index is -0.746. The highest BCUT2D eigenvalue weighted by Crippen LogP contribution is 2.32. The Labute approximate surface area is 82.2 Å². The van der Waals surface area contributed by atoms with E-state index in [2.05, 4.69) is 0 Å². The van der Waals surface area contributed by atoms with E-state index < -0.39 is 5.97 Å². The Balaban J connectivity index is 3.15. The summed E-state index contributed by atoms with van der Waals surface area (Å²) in [4.78, 5) is 13.0. The van der Waals surface area contributed by atoms with Gasteiger partial charge in [0.15, 0.2) is 0 Å². The van der Waals surface area contributed by atoms with Crippen molar-refractivity contribution >= 4 is 17.3 Å². The van der Waals surface area contributed by atoms with Crippen molar-refractivity contribution in [2.24, 2.45) is 0 Å². The molecule has 0 saturated heterocycles. The third kappa shape index (κ3) is 1.75. The fourth-order valence-corrected chi connectivity index (χ4v) is 2.51. The molecule has 0 saturated carbocycles. The fraction of sp³-hybridized carbons (Fsp3) is 0.500. The van der Waals surface area contributed by atoms with Crippen molar-refractivity contribution in [2.45, 2.75) is 33.6 Å². The van der Waals surface area contributed by atoms with Gasteiger partial charge in [-0.1, -0.05) is 0 Å². The van der Waals surface area contributed by atoms with Crippen LogP contribution in [0.25, 0.3) is 0 Å². The van der Waals surface area contributed by atoms with Gasteiger partial charge in [-0.3, -0.25) is 4.79 Å². The van der Waals surface area contributed by atoms with Crippen LogP contribution in [-0.4, -0.2) is 11.1 Å². The first-order valence-corrected chi connectivity index (χ1v) is 5.06. The molecule has 1 rings (SSSR count). The summed E-state index contributed by atoms with van der Waals surface area (Å²) in [5, 5.41) is 8.87. The number of rotatable bonds is 2. The molecule has 0 spiro atoms. The van der Waals surface area contributed by atoms with Crippen molar-refractivity contribution in [3.05, 3.63) is 20.9 Å². The topological polar surface area (TPSA) is 37.3 Å². The van der Waals surface area contributed by atoms with E-state index in [0.717, 1.165) is 10.4 Å². The maximum atomic E-state index is 10.8. The van der Waals surface area contributed by atoms with Crippen LogP contribution in [0.2, 0.25) is 0 Å². The van der Waals surface area contributed by atoms with Crippen LogP contribution in [0.15, 0.2) is 0 Å². The quantitative estimate of drug-likeness (QED) is 0.793. The van der Waals surface area contributed by atoms with Gasteiger partial charge in [-0.05, 0) is 38.8 Å². The van der Waals surface area contributed by atoms with E-state index in [-0.39, 0.29) is 5.92 Å². The van der Waals surface area contributed by atoms with Crippen LogP contribution in [0.5, 0.6) is 0 Å². The molecule has 72 valence electrons. The average molecular weight is 198 g/mol. The zero-order valence-corrected chi connectivity index (χ0v) is 9.16. The van der Waals surface area contributed by atoms with Gasteiger partial charge in [-0.2, -0.15) is 0 Å². The Kier molecular flexibility index (Phi) is 2.76. The van der Waals surface area contributed by atoms with Crippen LogP contribution in [0.4, 0.5) is 0 Å². The molecule has 0 fully saturated rings. The van der Waals surface area contributed by atoms with E-state index in [9.17, 15) is 4.79 Å². The fourth-order valence-electron chi connectivity index (χ4n) is 1.29. The van der Waals surface area contributed by atoms with Gasteiger partial charge in [0.1, 0.15) is 0 Å². The molecule has 0 aromatic carbocycles. The SMILES string of the molecule is Cc1sc(C(C)C(=O)O)c(C)c1C. The van der Waals surface area contributed by atoms with Crippen LogP contribution >= 0.6 is 11.3 Å².